The van der Waals surface area contributed by atoms with E-state index in [0.717, 1.165) is 0 Å². The van der Waals surface area contributed by atoms with Crippen molar-refractivity contribution in [2.45, 2.75) is 0 Å². The van der Waals surface area contributed by atoms with Gasteiger partial charge in [0.05, 0.1) is 0 Å². The molecule has 0 aromatic heterocycles. The number of fused-ring (bicyclic) bond motifs is 1. The van der Waals surface area contributed by atoms with Crippen molar-refractivity contribution in [3.05, 3.63) is 29.8 Å². The lowest BCUT2D eigenvalue weighted by molar-refractivity contribution is 0.0694. The van der Waals surface area contributed by atoms with Gasteiger partial charge in [0.2, 0.25) is 0 Å². The molecule has 0 radical (unpaired) electrons. The molecule has 0 fully saturated rings. The van der Waals surface area contributed by atoms with Gasteiger partial charge in [-0.3, -0.25) is 0 Å². The van der Waals surface area contributed by atoms with E-state index in [9.17, 15) is 4.79 Å². The van der Waals surface area contributed by atoms with E-state index in [1.807, 2.05) is 0 Å². The van der Waals surface area contributed by atoms with E-state index in [-0.39, 0.29) is 0 Å². The summed E-state index contributed by atoms with van der Waals surface area (Å²) in [5.41, 5.74) is 0.352. The van der Waals surface area contributed by atoms with E-state index in [2.05, 4.69) is 4.52 Å². The number of rotatable bonds is 0. The zero-order chi connectivity index (χ0) is 8.55. The van der Waals surface area contributed by atoms with Crippen molar-refractivity contribution < 1.29 is 18.7 Å². The summed E-state index contributed by atoms with van der Waals surface area (Å²) in [6.07, 6.45) is 0. The highest BCUT2D eigenvalue weighted by molar-refractivity contribution is 7.41. The highest BCUT2D eigenvalue weighted by atomic mass is 31.2. The molecule has 0 saturated heterocycles. The van der Waals surface area contributed by atoms with Gasteiger partial charge in [-0.05, 0) is 12.1 Å². The van der Waals surface area contributed by atoms with Crippen LogP contribution in [-0.4, -0.2) is 10.9 Å². The van der Waals surface area contributed by atoms with Crippen LogP contribution in [0.3, 0.4) is 0 Å². The average Bonchev–Trinajstić information content (AvgIpc) is 2.04. The van der Waals surface area contributed by atoms with Crippen LogP contribution in [0.4, 0.5) is 0 Å². The molecule has 1 aliphatic rings. The third-order valence-corrected chi connectivity index (χ3v) is 2.12. The highest BCUT2D eigenvalue weighted by Crippen LogP contribution is 2.42. The summed E-state index contributed by atoms with van der Waals surface area (Å²) in [7, 11) is -2.07. The van der Waals surface area contributed by atoms with Crippen molar-refractivity contribution in [1.82, 2.24) is 0 Å². The van der Waals surface area contributed by atoms with Crippen molar-refractivity contribution in [3.63, 3.8) is 0 Å². The van der Waals surface area contributed by atoms with Gasteiger partial charge in [-0.15, -0.1) is 0 Å². The van der Waals surface area contributed by atoms with Crippen molar-refractivity contribution >= 4 is 14.6 Å². The fraction of sp³-hybridized carbons (Fsp3) is 0. The second-order valence-electron chi connectivity index (χ2n) is 2.20. The predicted molar refractivity (Wildman–Crippen MR) is 41.6 cm³/mol. The van der Waals surface area contributed by atoms with Crippen LogP contribution in [0.1, 0.15) is 10.4 Å². The second kappa shape index (κ2) is 2.73. The molecule has 0 amide bonds. The third-order valence-electron chi connectivity index (χ3n) is 1.44. The van der Waals surface area contributed by atoms with Crippen LogP contribution in [0.25, 0.3) is 0 Å². The molecule has 1 atom stereocenters. The Morgan fingerprint density at radius 3 is 2.83 bits per heavy atom. The Hall–Kier alpha value is -1.12. The zero-order valence-corrected chi connectivity index (χ0v) is 6.82. The van der Waals surface area contributed by atoms with Crippen molar-refractivity contribution in [1.29, 1.82) is 0 Å². The molecule has 2 rings (SSSR count). The molecule has 0 spiro atoms. The van der Waals surface area contributed by atoms with Gasteiger partial charge in [-0.2, -0.15) is 0 Å². The van der Waals surface area contributed by atoms with Gasteiger partial charge in [-0.1, -0.05) is 12.1 Å². The smallest absolute Gasteiger partial charge is 0.417 e. The second-order valence-corrected chi connectivity index (χ2v) is 3.04. The van der Waals surface area contributed by atoms with E-state index >= 15 is 0 Å². The summed E-state index contributed by atoms with van der Waals surface area (Å²) in [5.74, 6) is -0.159. The lowest BCUT2D eigenvalue weighted by Gasteiger charge is -2.18. The summed E-state index contributed by atoms with van der Waals surface area (Å²) >= 11 is 0. The monoisotopic (exact) mass is 184 g/mol. The Balaban J connectivity index is 2.47. The molecule has 1 heterocycles. The minimum atomic E-state index is -2.07. The van der Waals surface area contributed by atoms with Crippen LogP contribution in [0.15, 0.2) is 24.3 Å². The van der Waals surface area contributed by atoms with Gasteiger partial charge in [-0.25, -0.2) is 4.79 Å². The molecule has 1 aliphatic heterocycles. The molecule has 62 valence electrons. The normalized spacial score (nSPS) is 20.8. The van der Waals surface area contributed by atoms with E-state index in [0.29, 0.717) is 11.3 Å². The van der Waals surface area contributed by atoms with Gasteiger partial charge >= 0.3 is 14.6 Å². The molecule has 4 nitrogen and oxygen atoms in total. The summed E-state index contributed by atoms with van der Waals surface area (Å²) < 4.78 is 9.35. The predicted octanol–water partition coefficient (Wildman–Crippen LogP) is 1.46. The average molecular weight is 184 g/mol. The molecular formula is C7H5O4P. The first-order valence-electron chi connectivity index (χ1n) is 3.25. The maximum absolute atomic E-state index is 11.0. The Morgan fingerprint density at radius 2 is 2.00 bits per heavy atom. The van der Waals surface area contributed by atoms with Crippen molar-refractivity contribution in [2.24, 2.45) is 0 Å². The third kappa shape index (κ3) is 1.15. The molecule has 0 saturated carbocycles. The molecule has 1 unspecified atom stereocenters. The number of benzene rings is 1. The summed E-state index contributed by atoms with van der Waals surface area (Å²) in [5, 5.41) is 0. The van der Waals surface area contributed by atoms with E-state index in [1.165, 1.54) is 0 Å². The SMILES string of the molecule is O=C1OP(O)Oc2ccccc21. The Kier molecular flexibility index (Phi) is 1.71. The molecule has 1 aromatic carbocycles. The molecule has 1 N–H and O–H groups in total. The largest absolute Gasteiger partial charge is 0.462 e. The Morgan fingerprint density at radius 1 is 1.25 bits per heavy atom. The lowest BCUT2D eigenvalue weighted by Crippen LogP contribution is -2.11. The molecular weight excluding hydrogens is 179 g/mol. The van der Waals surface area contributed by atoms with Gasteiger partial charge < -0.3 is 13.9 Å². The van der Waals surface area contributed by atoms with Gasteiger partial charge in [0.1, 0.15) is 11.3 Å². The van der Waals surface area contributed by atoms with E-state index in [1.54, 1.807) is 24.3 Å². The maximum Gasteiger partial charge on any atom is 0.462 e. The number of hydrogen-bond donors (Lipinski definition) is 1. The van der Waals surface area contributed by atoms with Crippen LogP contribution < -0.4 is 4.52 Å². The Bertz CT molecular complexity index is 325. The number of carbonyl (C=O) groups excluding carboxylic acids is 1. The van der Waals surface area contributed by atoms with Crippen molar-refractivity contribution in [3.8, 4) is 5.75 Å². The van der Waals surface area contributed by atoms with Crippen LogP contribution in [0.5, 0.6) is 5.75 Å². The van der Waals surface area contributed by atoms with Gasteiger partial charge in [0.15, 0.2) is 0 Å². The first kappa shape index (κ1) is 7.53. The maximum atomic E-state index is 11.0. The summed E-state index contributed by atoms with van der Waals surface area (Å²) in [6, 6.07) is 6.62. The van der Waals surface area contributed by atoms with Gasteiger partial charge in [0, 0.05) is 0 Å². The first-order chi connectivity index (χ1) is 5.77. The quantitative estimate of drug-likeness (QED) is 0.620. The minimum absolute atomic E-state index is 0.352. The summed E-state index contributed by atoms with van der Waals surface area (Å²) in [4.78, 5) is 20.0. The molecule has 0 aliphatic carbocycles. The van der Waals surface area contributed by atoms with Crippen LogP contribution in [-0.2, 0) is 4.52 Å². The molecule has 1 aromatic rings. The van der Waals surface area contributed by atoms with Crippen molar-refractivity contribution in [2.75, 3.05) is 0 Å². The van der Waals surface area contributed by atoms with Crippen LogP contribution in [0.2, 0.25) is 0 Å². The number of carbonyl (C=O) groups is 1. The van der Waals surface area contributed by atoms with Crippen LogP contribution >= 0.6 is 8.60 Å². The molecule has 0 bridgehead atoms. The van der Waals surface area contributed by atoms with E-state index < -0.39 is 14.6 Å². The van der Waals surface area contributed by atoms with Crippen LogP contribution in [0, 0.1) is 0 Å². The highest BCUT2D eigenvalue weighted by Gasteiger charge is 2.27. The standard InChI is InChI=1S/C7H5O4P/c8-7-5-3-1-2-4-6(5)10-12(9)11-7/h1-4,9H. The Labute approximate surface area is 69.7 Å². The fourth-order valence-corrected chi connectivity index (χ4v) is 1.54. The van der Waals surface area contributed by atoms with Gasteiger partial charge in [0.25, 0.3) is 0 Å². The topological polar surface area (TPSA) is 55.8 Å². The zero-order valence-electron chi connectivity index (χ0n) is 5.93. The minimum Gasteiger partial charge on any atom is -0.417 e. The number of hydrogen-bond acceptors (Lipinski definition) is 4. The number of para-hydroxylation sites is 1. The van der Waals surface area contributed by atoms with E-state index in [4.69, 9.17) is 9.42 Å². The first-order valence-corrected chi connectivity index (χ1v) is 4.39. The molecule has 5 heteroatoms. The summed E-state index contributed by atoms with van der Waals surface area (Å²) in [6.45, 7) is 0. The lowest BCUT2D eigenvalue weighted by atomic mass is 10.2. The fourth-order valence-electron chi connectivity index (χ4n) is 0.938. The molecule has 12 heavy (non-hydrogen) atoms.